The SMILES string of the molecule is CCN1C=CN(CC)C1OC(=O)C(F)(F)F. The Balaban J connectivity index is 2.67. The van der Waals surface area contributed by atoms with Gasteiger partial charge in [-0.2, -0.15) is 13.2 Å². The van der Waals surface area contributed by atoms with E-state index in [9.17, 15) is 18.0 Å². The van der Waals surface area contributed by atoms with Crippen LogP contribution in [0, 0.1) is 0 Å². The molecular weight excluding hydrogens is 225 g/mol. The predicted octanol–water partition coefficient (Wildman–Crippen LogP) is 1.50. The van der Waals surface area contributed by atoms with Gasteiger partial charge in [0.1, 0.15) is 0 Å². The Hall–Kier alpha value is -1.40. The van der Waals surface area contributed by atoms with E-state index < -0.39 is 18.5 Å². The molecular formula is C9H13F3N2O2. The standard InChI is InChI=1S/C9H13F3N2O2/c1-3-13-5-6-14(4-2)8(13)16-7(15)9(10,11)12/h5-6,8H,3-4H2,1-2H3. The molecule has 0 N–H and O–H groups in total. The molecule has 0 spiro atoms. The van der Waals surface area contributed by atoms with Crippen molar-refractivity contribution >= 4 is 5.97 Å². The summed E-state index contributed by atoms with van der Waals surface area (Å²) < 4.78 is 40.5. The number of rotatable bonds is 3. The average Bonchev–Trinajstić information content (AvgIpc) is 2.58. The number of halogens is 3. The maximum Gasteiger partial charge on any atom is 0.491 e. The van der Waals surface area contributed by atoms with Gasteiger partial charge in [0, 0.05) is 25.5 Å². The molecule has 7 heteroatoms. The Morgan fingerprint density at radius 3 is 2.00 bits per heavy atom. The molecule has 0 saturated heterocycles. The topological polar surface area (TPSA) is 32.8 Å². The van der Waals surface area contributed by atoms with Crippen molar-refractivity contribution in [3.8, 4) is 0 Å². The van der Waals surface area contributed by atoms with Crippen LogP contribution in [0.25, 0.3) is 0 Å². The van der Waals surface area contributed by atoms with Crippen molar-refractivity contribution in [2.75, 3.05) is 13.1 Å². The molecule has 0 aromatic heterocycles. The molecule has 0 aromatic carbocycles. The lowest BCUT2D eigenvalue weighted by atomic mass is 10.5. The van der Waals surface area contributed by atoms with Crippen molar-refractivity contribution in [2.45, 2.75) is 26.4 Å². The van der Waals surface area contributed by atoms with Crippen LogP contribution in [0.5, 0.6) is 0 Å². The van der Waals surface area contributed by atoms with E-state index in [0.29, 0.717) is 13.1 Å². The maximum atomic E-state index is 12.0. The van der Waals surface area contributed by atoms with Crippen molar-refractivity contribution in [2.24, 2.45) is 0 Å². The van der Waals surface area contributed by atoms with Gasteiger partial charge in [-0.25, -0.2) is 4.79 Å². The van der Waals surface area contributed by atoms with Gasteiger partial charge in [0.2, 0.25) is 0 Å². The van der Waals surface area contributed by atoms with Gasteiger partial charge >= 0.3 is 12.1 Å². The number of ether oxygens (including phenoxy) is 1. The van der Waals surface area contributed by atoms with Crippen LogP contribution in [0.2, 0.25) is 0 Å². The van der Waals surface area contributed by atoms with Crippen LogP contribution in [0.1, 0.15) is 13.8 Å². The summed E-state index contributed by atoms with van der Waals surface area (Å²) in [5.74, 6) is -2.17. The minimum absolute atomic E-state index is 0.461. The van der Waals surface area contributed by atoms with E-state index in [2.05, 4.69) is 4.74 Å². The van der Waals surface area contributed by atoms with Crippen molar-refractivity contribution in [1.29, 1.82) is 0 Å². The van der Waals surface area contributed by atoms with Gasteiger partial charge in [-0.05, 0) is 13.8 Å². The first kappa shape index (κ1) is 12.7. The monoisotopic (exact) mass is 238 g/mol. The van der Waals surface area contributed by atoms with Crippen LogP contribution in [0.3, 0.4) is 0 Å². The minimum Gasteiger partial charge on any atom is -0.416 e. The fourth-order valence-corrected chi connectivity index (χ4v) is 1.33. The third-order valence-corrected chi connectivity index (χ3v) is 2.19. The molecule has 92 valence electrons. The molecule has 4 nitrogen and oxygen atoms in total. The highest BCUT2D eigenvalue weighted by Crippen LogP contribution is 2.22. The van der Waals surface area contributed by atoms with Crippen LogP contribution < -0.4 is 0 Å². The van der Waals surface area contributed by atoms with Crippen molar-refractivity contribution < 1.29 is 22.7 Å². The van der Waals surface area contributed by atoms with Gasteiger partial charge < -0.3 is 14.5 Å². The van der Waals surface area contributed by atoms with E-state index in [1.165, 1.54) is 9.80 Å². The lowest BCUT2D eigenvalue weighted by Crippen LogP contribution is -2.44. The van der Waals surface area contributed by atoms with E-state index in [0.717, 1.165) is 0 Å². The predicted molar refractivity (Wildman–Crippen MR) is 49.8 cm³/mol. The van der Waals surface area contributed by atoms with Gasteiger partial charge in [0.25, 0.3) is 6.35 Å². The summed E-state index contributed by atoms with van der Waals surface area (Å²) in [5.41, 5.74) is 0. The Labute approximate surface area is 91.3 Å². The Morgan fingerprint density at radius 1 is 1.25 bits per heavy atom. The molecule has 0 radical (unpaired) electrons. The summed E-state index contributed by atoms with van der Waals surface area (Å²) in [6, 6.07) is 0. The van der Waals surface area contributed by atoms with Gasteiger partial charge in [0.05, 0.1) is 0 Å². The van der Waals surface area contributed by atoms with E-state index >= 15 is 0 Å². The molecule has 0 saturated carbocycles. The number of hydrogen-bond donors (Lipinski definition) is 0. The number of alkyl halides is 3. The lowest BCUT2D eigenvalue weighted by Gasteiger charge is -2.30. The molecule has 1 rings (SSSR count). The minimum atomic E-state index is -4.96. The maximum absolute atomic E-state index is 12.0. The fourth-order valence-electron chi connectivity index (χ4n) is 1.33. The van der Waals surface area contributed by atoms with Crippen LogP contribution in [0.4, 0.5) is 13.2 Å². The number of carbonyl (C=O) groups is 1. The van der Waals surface area contributed by atoms with Crippen LogP contribution in [-0.4, -0.2) is 41.4 Å². The van der Waals surface area contributed by atoms with Crippen LogP contribution in [0.15, 0.2) is 12.4 Å². The first-order valence-electron chi connectivity index (χ1n) is 4.87. The molecule has 0 atom stereocenters. The van der Waals surface area contributed by atoms with Crippen LogP contribution in [-0.2, 0) is 9.53 Å². The molecule has 0 bridgehead atoms. The van der Waals surface area contributed by atoms with E-state index in [1.54, 1.807) is 26.2 Å². The molecule has 1 aliphatic heterocycles. The van der Waals surface area contributed by atoms with Crippen molar-refractivity contribution in [1.82, 2.24) is 9.80 Å². The fraction of sp³-hybridized carbons (Fsp3) is 0.667. The Morgan fingerprint density at radius 2 is 1.69 bits per heavy atom. The van der Waals surface area contributed by atoms with E-state index in [4.69, 9.17) is 0 Å². The summed E-state index contributed by atoms with van der Waals surface area (Å²) in [7, 11) is 0. The highest BCUT2D eigenvalue weighted by molar-refractivity contribution is 5.75. The zero-order chi connectivity index (χ0) is 12.3. The summed E-state index contributed by atoms with van der Waals surface area (Å²) in [6.07, 6.45) is -2.76. The highest BCUT2D eigenvalue weighted by Gasteiger charge is 2.44. The quantitative estimate of drug-likeness (QED) is 0.698. The lowest BCUT2D eigenvalue weighted by molar-refractivity contribution is -0.219. The average molecular weight is 238 g/mol. The highest BCUT2D eigenvalue weighted by atomic mass is 19.4. The first-order chi connectivity index (χ1) is 7.40. The van der Waals surface area contributed by atoms with E-state index in [1.807, 2.05) is 0 Å². The van der Waals surface area contributed by atoms with Gasteiger partial charge in [-0.15, -0.1) is 0 Å². The second-order valence-electron chi connectivity index (χ2n) is 3.19. The molecule has 0 unspecified atom stereocenters. The zero-order valence-electron chi connectivity index (χ0n) is 8.99. The van der Waals surface area contributed by atoms with Crippen molar-refractivity contribution in [3.05, 3.63) is 12.4 Å². The summed E-state index contributed by atoms with van der Waals surface area (Å²) >= 11 is 0. The smallest absolute Gasteiger partial charge is 0.416 e. The largest absolute Gasteiger partial charge is 0.491 e. The summed E-state index contributed by atoms with van der Waals surface area (Å²) in [6.45, 7) is 4.45. The second-order valence-corrected chi connectivity index (χ2v) is 3.19. The number of esters is 1. The molecule has 0 amide bonds. The number of hydrogen-bond acceptors (Lipinski definition) is 4. The van der Waals surface area contributed by atoms with Crippen molar-refractivity contribution in [3.63, 3.8) is 0 Å². The van der Waals surface area contributed by atoms with Gasteiger partial charge in [-0.3, -0.25) is 0 Å². The normalized spacial score (nSPS) is 17.1. The van der Waals surface area contributed by atoms with Crippen LogP contribution >= 0.6 is 0 Å². The number of carbonyl (C=O) groups excluding carboxylic acids is 1. The number of nitrogens with zero attached hydrogens (tertiary/aromatic N) is 2. The molecule has 0 fully saturated rings. The molecule has 1 heterocycles. The van der Waals surface area contributed by atoms with Gasteiger partial charge in [0.15, 0.2) is 0 Å². The Kier molecular flexibility index (Phi) is 3.66. The molecule has 1 aliphatic rings. The first-order valence-corrected chi connectivity index (χ1v) is 4.87. The zero-order valence-corrected chi connectivity index (χ0v) is 8.99. The summed E-state index contributed by atoms with van der Waals surface area (Å²) in [4.78, 5) is 13.7. The third-order valence-electron chi connectivity index (χ3n) is 2.19. The van der Waals surface area contributed by atoms with Gasteiger partial charge in [-0.1, -0.05) is 0 Å². The van der Waals surface area contributed by atoms with E-state index in [-0.39, 0.29) is 0 Å². The third kappa shape index (κ3) is 2.59. The Bertz CT molecular complexity index is 277. The molecule has 16 heavy (non-hydrogen) atoms. The molecule has 0 aliphatic carbocycles. The summed E-state index contributed by atoms with van der Waals surface area (Å²) in [5, 5.41) is 0. The second kappa shape index (κ2) is 4.63. The molecule has 0 aromatic rings.